The van der Waals surface area contributed by atoms with Gasteiger partial charge in [-0.1, -0.05) is 23.7 Å². The highest BCUT2D eigenvalue weighted by atomic mass is 35.5. The lowest BCUT2D eigenvalue weighted by Crippen LogP contribution is -2.09. The van der Waals surface area contributed by atoms with Crippen LogP contribution in [0.25, 0.3) is 22.2 Å². The van der Waals surface area contributed by atoms with E-state index in [0.717, 1.165) is 0 Å². The second-order valence-corrected chi connectivity index (χ2v) is 4.85. The third kappa shape index (κ3) is 2.56. The van der Waals surface area contributed by atoms with Gasteiger partial charge in [0.05, 0.1) is 21.8 Å². The lowest BCUT2D eigenvalue weighted by Gasteiger charge is -2.15. The molecular formula is C15H8ClF3N2. The average molecular weight is 309 g/mol. The van der Waals surface area contributed by atoms with Crippen LogP contribution in [0.4, 0.5) is 13.2 Å². The quantitative estimate of drug-likeness (QED) is 0.634. The molecule has 21 heavy (non-hydrogen) atoms. The van der Waals surface area contributed by atoms with Crippen LogP contribution in [0, 0.1) is 0 Å². The number of benzene rings is 1. The molecule has 0 N–H and O–H groups in total. The van der Waals surface area contributed by atoms with Crippen molar-refractivity contribution in [3.05, 3.63) is 59.4 Å². The first-order chi connectivity index (χ1) is 9.97. The van der Waals surface area contributed by atoms with Crippen molar-refractivity contribution in [2.45, 2.75) is 6.18 Å². The molecule has 1 aromatic carbocycles. The molecule has 3 aromatic rings. The Morgan fingerprint density at radius 2 is 1.76 bits per heavy atom. The summed E-state index contributed by atoms with van der Waals surface area (Å²) in [5, 5.41) is 0.425. The van der Waals surface area contributed by atoms with E-state index in [1.165, 1.54) is 42.7 Å². The summed E-state index contributed by atoms with van der Waals surface area (Å²) in [7, 11) is 0. The highest BCUT2D eigenvalue weighted by molar-refractivity contribution is 6.30. The highest BCUT2D eigenvalue weighted by Gasteiger charge is 2.36. The Balaban J connectivity index is 2.35. The standard InChI is InChI=1S/C15H8ClF3N2/c16-9-3-5-13(21-8-9)11-4-6-12-10(2-1-7-20-12)14(11)15(17,18)19/h1-8H. The van der Waals surface area contributed by atoms with Crippen LogP contribution >= 0.6 is 11.6 Å². The number of fused-ring (bicyclic) bond motifs is 1. The first-order valence-electron chi connectivity index (χ1n) is 6.03. The minimum Gasteiger partial charge on any atom is -0.256 e. The van der Waals surface area contributed by atoms with E-state index in [1.54, 1.807) is 6.07 Å². The van der Waals surface area contributed by atoms with E-state index in [0.29, 0.717) is 10.5 Å². The number of rotatable bonds is 1. The van der Waals surface area contributed by atoms with Gasteiger partial charge in [-0.2, -0.15) is 13.2 Å². The van der Waals surface area contributed by atoms with E-state index in [2.05, 4.69) is 9.97 Å². The second-order valence-electron chi connectivity index (χ2n) is 4.42. The van der Waals surface area contributed by atoms with Gasteiger partial charge in [-0.15, -0.1) is 0 Å². The molecule has 0 fully saturated rings. The van der Waals surface area contributed by atoms with Crippen LogP contribution < -0.4 is 0 Å². The van der Waals surface area contributed by atoms with E-state index in [9.17, 15) is 13.2 Å². The van der Waals surface area contributed by atoms with Crippen LogP contribution in [0.2, 0.25) is 5.02 Å². The van der Waals surface area contributed by atoms with E-state index in [-0.39, 0.29) is 16.6 Å². The number of alkyl halides is 3. The molecule has 0 unspecified atom stereocenters. The van der Waals surface area contributed by atoms with E-state index >= 15 is 0 Å². The van der Waals surface area contributed by atoms with Crippen LogP contribution in [-0.4, -0.2) is 9.97 Å². The van der Waals surface area contributed by atoms with Crippen LogP contribution in [0.15, 0.2) is 48.8 Å². The third-order valence-corrected chi connectivity index (χ3v) is 3.30. The summed E-state index contributed by atoms with van der Waals surface area (Å²) in [5.74, 6) is 0. The average Bonchev–Trinajstić information content (AvgIpc) is 2.46. The molecule has 0 spiro atoms. The van der Waals surface area contributed by atoms with Crippen molar-refractivity contribution in [3.63, 3.8) is 0 Å². The zero-order chi connectivity index (χ0) is 15.0. The largest absolute Gasteiger partial charge is 0.417 e. The number of pyridine rings is 2. The van der Waals surface area contributed by atoms with Gasteiger partial charge in [0, 0.05) is 23.3 Å². The molecular weight excluding hydrogens is 301 g/mol. The van der Waals surface area contributed by atoms with E-state index < -0.39 is 11.7 Å². The number of hydrogen-bond acceptors (Lipinski definition) is 2. The minimum atomic E-state index is -4.50. The Bertz CT molecular complexity index is 798. The van der Waals surface area contributed by atoms with Gasteiger partial charge >= 0.3 is 6.18 Å². The van der Waals surface area contributed by atoms with Gasteiger partial charge in [-0.25, -0.2) is 0 Å². The van der Waals surface area contributed by atoms with Crippen molar-refractivity contribution >= 4 is 22.5 Å². The summed E-state index contributed by atoms with van der Waals surface area (Å²) in [6, 6.07) is 8.80. The summed E-state index contributed by atoms with van der Waals surface area (Å²) >= 11 is 5.73. The molecule has 0 atom stereocenters. The molecule has 2 heterocycles. The molecule has 106 valence electrons. The third-order valence-electron chi connectivity index (χ3n) is 3.07. The number of halogens is 4. The summed E-state index contributed by atoms with van der Waals surface area (Å²) in [4.78, 5) is 7.94. The number of nitrogens with zero attached hydrogens (tertiary/aromatic N) is 2. The fourth-order valence-corrected chi connectivity index (χ4v) is 2.32. The van der Waals surface area contributed by atoms with Crippen molar-refractivity contribution < 1.29 is 13.2 Å². The van der Waals surface area contributed by atoms with Gasteiger partial charge in [0.1, 0.15) is 0 Å². The summed E-state index contributed by atoms with van der Waals surface area (Å²) < 4.78 is 40.4. The first-order valence-corrected chi connectivity index (χ1v) is 6.41. The SMILES string of the molecule is FC(F)(F)c1c(-c2ccc(Cl)cn2)ccc2ncccc12. The minimum absolute atomic E-state index is 0.0136. The Morgan fingerprint density at radius 3 is 2.43 bits per heavy atom. The van der Waals surface area contributed by atoms with Gasteiger partial charge in [0.25, 0.3) is 0 Å². The van der Waals surface area contributed by atoms with E-state index in [4.69, 9.17) is 11.6 Å². The van der Waals surface area contributed by atoms with Gasteiger partial charge < -0.3 is 0 Å². The molecule has 3 rings (SSSR count). The normalized spacial score (nSPS) is 11.8. The summed E-state index contributed by atoms with van der Waals surface area (Å²) in [5.41, 5.74) is -0.206. The molecule has 2 nitrogen and oxygen atoms in total. The number of aromatic nitrogens is 2. The van der Waals surface area contributed by atoms with Crippen LogP contribution in [0.3, 0.4) is 0 Å². The highest BCUT2D eigenvalue weighted by Crippen LogP contribution is 2.40. The molecule has 0 radical (unpaired) electrons. The molecule has 0 bridgehead atoms. The molecule has 0 saturated heterocycles. The van der Waals surface area contributed by atoms with Crippen molar-refractivity contribution in [3.8, 4) is 11.3 Å². The van der Waals surface area contributed by atoms with Gasteiger partial charge in [-0.05, 0) is 24.3 Å². The number of hydrogen-bond donors (Lipinski definition) is 0. The van der Waals surface area contributed by atoms with Gasteiger partial charge in [0.15, 0.2) is 0 Å². The molecule has 0 amide bonds. The molecule has 0 aliphatic carbocycles. The summed E-state index contributed by atoms with van der Waals surface area (Å²) in [6.45, 7) is 0. The maximum absolute atomic E-state index is 13.5. The predicted octanol–water partition coefficient (Wildman–Crippen LogP) is 4.97. The molecule has 0 aliphatic rings. The summed E-state index contributed by atoms with van der Waals surface area (Å²) in [6.07, 6.45) is -1.72. The Morgan fingerprint density at radius 1 is 0.952 bits per heavy atom. The van der Waals surface area contributed by atoms with Crippen LogP contribution in [-0.2, 0) is 6.18 Å². The monoisotopic (exact) mass is 308 g/mol. The Kier molecular flexibility index (Phi) is 3.29. The second kappa shape index (κ2) is 5.00. The molecule has 6 heteroatoms. The fourth-order valence-electron chi connectivity index (χ4n) is 2.21. The van der Waals surface area contributed by atoms with Crippen molar-refractivity contribution in [2.24, 2.45) is 0 Å². The van der Waals surface area contributed by atoms with E-state index in [1.807, 2.05) is 0 Å². The smallest absolute Gasteiger partial charge is 0.256 e. The van der Waals surface area contributed by atoms with Gasteiger partial charge in [-0.3, -0.25) is 9.97 Å². The van der Waals surface area contributed by atoms with Gasteiger partial charge in [0.2, 0.25) is 0 Å². The van der Waals surface area contributed by atoms with Crippen molar-refractivity contribution in [2.75, 3.05) is 0 Å². The zero-order valence-electron chi connectivity index (χ0n) is 10.5. The van der Waals surface area contributed by atoms with Crippen LogP contribution in [0.5, 0.6) is 0 Å². The van der Waals surface area contributed by atoms with Crippen LogP contribution in [0.1, 0.15) is 5.56 Å². The Labute approximate surface area is 123 Å². The zero-order valence-corrected chi connectivity index (χ0v) is 11.3. The molecule has 0 aliphatic heterocycles. The first kappa shape index (κ1) is 13.8. The Hall–Kier alpha value is -2.14. The maximum Gasteiger partial charge on any atom is 0.417 e. The lowest BCUT2D eigenvalue weighted by molar-refractivity contribution is -0.135. The molecule has 0 saturated carbocycles. The topological polar surface area (TPSA) is 25.8 Å². The van der Waals surface area contributed by atoms with Crippen molar-refractivity contribution in [1.82, 2.24) is 9.97 Å². The predicted molar refractivity (Wildman–Crippen MR) is 75.0 cm³/mol. The fraction of sp³-hybridized carbons (Fsp3) is 0.0667. The maximum atomic E-state index is 13.5. The lowest BCUT2D eigenvalue weighted by atomic mass is 9.98. The molecule has 2 aromatic heterocycles. The van der Waals surface area contributed by atoms with Crippen molar-refractivity contribution in [1.29, 1.82) is 0 Å².